The van der Waals surface area contributed by atoms with Crippen LogP contribution in [0.4, 0.5) is 5.69 Å². The molecule has 0 fully saturated rings. The molecule has 2 aromatic rings. The molecule has 0 spiro atoms. The fraction of sp³-hybridized carbons (Fsp3) is 0.476. The van der Waals surface area contributed by atoms with Crippen molar-refractivity contribution in [2.75, 3.05) is 25.6 Å². The van der Waals surface area contributed by atoms with Crippen LogP contribution in [-0.2, 0) is 12.8 Å². The molecule has 0 saturated carbocycles. The lowest BCUT2D eigenvalue weighted by Gasteiger charge is -2.19. The Kier molecular flexibility index (Phi) is 12.3. The number of ether oxygens (including phenoxy) is 1. The maximum absolute atomic E-state index is 5.06. The number of aryl methyl sites for hydroxylation is 2. The van der Waals surface area contributed by atoms with Crippen LogP contribution < -0.4 is 9.64 Å². The van der Waals surface area contributed by atoms with E-state index in [9.17, 15) is 0 Å². The number of rotatable bonds is 5. The zero-order chi connectivity index (χ0) is 18.4. The van der Waals surface area contributed by atoms with Gasteiger partial charge in [0.2, 0.25) is 0 Å². The topological polar surface area (TPSA) is 25.4 Å². The molecule has 1 heterocycles. The van der Waals surface area contributed by atoms with Gasteiger partial charge in [-0.15, -0.1) is 0 Å². The average molecular weight is 331 g/mol. The highest BCUT2D eigenvalue weighted by molar-refractivity contribution is 5.50. The van der Waals surface area contributed by atoms with Gasteiger partial charge in [-0.2, -0.15) is 0 Å². The monoisotopic (exact) mass is 330 g/mol. The smallest absolute Gasteiger partial charge is 0.119 e. The summed E-state index contributed by atoms with van der Waals surface area (Å²) in [6, 6.07) is 10.2. The van der Waals surface area contributed by atoms with E-state index in [4.69, 9.17) is 4.74 Å². The summed E-state index contributed by atoms with van der Waals surface area (Å²) in [5, 5.41) is 0. The molecule has 0 saturated heterocycles. The normalized spacial score (nSPS) is 9.12. The summed E-state index contributed by atoms with van der Waals surface area (Å²) in [4.78, 5) is 6.33. The van der Waals surface area contributed by atoms with Gasteiger partial charge in [-0.25, -0.2) is 0 Å². The summed E-state index contributed by atoms with van der Waals surface area (Å²) in [7, 11) is 3.78. The second-order valence-electron chi connectivity index (χ2n) is 5.08. The molecule has 2 rings (SSSR count). The predicted octanol–water partition coefficient (Wildman–Crippen LogP) is 5.38. The van der Waals surface area contributed by atoms with Crippen molar-refractivity contribution in [3.63, 3.8) is 0 Å². The molecule has 1 aromatic heterocycles. The molecule has 0 unspecified atom stereocenters. The molecule has 0 aliphatic rings. The van der Waals surface area contributed by atoms with Crippen molar-refractivity contribution >= 4 is 5.69 Å². The third-order valence-corrected chi connectivity index (χ3v) is 3.70. The van der Waals surface area contributed by atoms with Gasteiger partial charge in [0, 0.05) is 19.8 Å². The number of benzene rings is 1. The minimum absolute atomic E-state index is 0.944. The van der Waals surface area contributed by atoms with Gasteiger partial charge in [-0.05, 0) is 49.1 Å². The minimum Gasteiger partial charge on any atom is -0.497 e. The van der Waals surface area contributed by atoms with E-state index in [0.717, 1.165) is 25.1 Å². The Morgan fingerprint density at radius 2 is 1.75 bits per heavy atom. The van der Waals surface area contributed by atoms with E-state index in [1.807, 2.05) is 38.4 Å². The van der Waals surface area contributed by atoms with Crippen LogP contribution in [0.15, 0.2) is 42.7 Å². The van der Waals surface area contributed by atoms with E-state index in [-0.39, 0.29) is 0 Å². The van der Waals surface area contributed by atoms with Crippen LogP contribution in [0.2, 0.25) is 0 Å². The van der Waals surface area contributed by atoms with Crippen molar-refractivity contribution in [1.82, 2.24) is 4.98 Å². The van der Waals surface area contributed by atoms with Gasteiger partial charge in [-0.1, -0.05) is 39.8 Å². The first-order chi connectivity index (χ1) is 11.7. The Morgan fingerprint density at radius 1 is 1.04 bits per heavy atom. The minimum atomic E-state index is 0.944. The Balaban J connectivity index is 0.000000405. The van der Waals surface area contributed by atoms with Crippen LogP contribution in [0.5, 0.6) is 5.75 Å². The van der Waals surface area contributed by atoms with E-state index in [0.29, 0.717) is 0 Å². The third kappa shape index (κ3) is 7.49. The lowest BCUT2D eigenvalue weighted by molar-refractivity contribution is 0.414. The molecule has 3 nitrogen and oxygen atoms in total. The van der Waals surface area contributed by atoms with Crippen molar-refractivity contribution in [2.24, 2.45) is 0 Å². The van der Waals surface area contributed by atoms with Crippen LogP contribution in [0, 0.1) is 0 Å². The SMILES string of the molecule is CC.CCc1cccc(OC)c1.CCc1ccncc1N(C)CC. The lowest BCUT2D eigenvalue weighted by Crippen LogP contribution is -2.17. The van der Waals surface area contributed by atoms with Gasteiger partial charge in [0.1, 0.15) is 5.75 Å². The number of methoxy groups -OCH3 is 1. The summed E-state index contributed by atoms with van der Waals surface area (Å²) in [6.07, 6.45) is 5.92. The number of hydrogen-bond donors (Lipinski definition) is 0. The molecule has 3 heteroatoms. The number of pyridine rings is 1. The molecule has 1 aromatic carbocycles. The Hall–Kier alpha value is -2.03. The highest BCUT2D eigenvalue weighted by Crippen LogP contribution is 2.17. The first kappa shape index (κ1) is 22.0. The number of nitrogens with zero attached hydrogens (tertiary/aromatic N) is 2. The zero-order valence-corrected chi connectivity index (χ0v) is 16.5. The van der Waals surface area contributed by atoms with Crippen LogP contribution in [0.1, 0.15) is 45.7 Å². The highest BCUT2D eigenvalue weighted by atomic mass is 16.5. The highest BCUT2D eigenvalue weighted by Gasteiger charge is 2.02. The molecular weight excluding hydrogens is 296 g/mol. The first-order valence-corrected chi connectivity index (χ1v) is 8.93. The van der Waals surface area contributed by atoms with E-state index in [2.05, 4.69) is 55.9 Å². The van der Waals surface area contributed by atoms with Crippen LogP contribution >= 0.6 is 0 Å². The zero-order valence-electron chi connectivity index (χ0n) is 16.5. The molecule has 0 atom stereocenters. The fourth-order valence-electron chi connectivity index (χ4n) is 2.12. The standard InChI is InChI=1S/C10H16N2.C9H12O.C2H6/c1-4-9-6-7-11-8-10(9)12(3)5-2;1-3-8-5-4-6-9(7-8)10-2;1-2/h6-8H,4-5H2,1-3H3;4-7H,3H2,1-2H3;1-2H3. The van der Waals surface area contributed by atoms with Crippen molar-refractivity contribution in [1.29, 1.82) is 0 Å². The molecule has 0 bridgehead atoms. The lowest BCUT2D eigenvalue weighted by atomic mass is 10.1. The van der Waals surface area contributed by atoms with Gasteiger partial charge in [0.15, 0.2) is 0 Å². The summed E-state index contributed by atoms with van der Waals surface area (Å²) >= 11 is 0. The number of hydrogen-bond acceptors (Lipinski definition) is 3. The first-order valence-electron chi connectivity index (χ1n) is 8.93. The Morgan fingerprint density at radius 3 is 2.29 bits per heavy atom. The summed E-state index contributed by atoms with van der Waals surface area (Å²) in [5.41, 5.74) is 3.94. The second-order valence-corrected chi connectivity index (χ2v) is 5.08. The van der Waals surface area contributed by atoms with E-state index >= 15 is 0 Å². The van der Waals surface area contributed by atoms with Crippen molar-refractivity contribution in [2.45, 2.75) is 47.5 Å². The maximum atomic E-state index is 5.06. The Labute approximate surface area is 148 Å². The average Bonchev–Trinajstić information content (AvgIpc) is 2.69. The van der Waals surface area contributed by atoms with Gasteiger partial charge in [0.25, 0.3) is 0 Å². The predicted molar refractivity (Wildman–Crippen MR) is 106 cm³/mol. The van der Waals surface area contributed by atoms with Gasteiger partial charge in [0.05, 0.1) is 19.0 Å². The second kappa shape index (κ2) is 13.4. The van der Waals surface area contributed by atoms with Crippen LogP contribution in [-0.4, -0.2) is 25.7 Å². The van der Waals surface area contributed by atoms with Gasteiger partial charge >= 0.3 is 0 Å². The van der Waals surface area contributed by atoms with Crippen LogP contribution in [0.25, 0.3) is 0 Å². The summed E-state index contributed by atoms with van der Waals surface area (Å²) < 4.78 is 5.06. The fourth-order valence-corrected chi connectivity index (χ4v) is 2.12. The summed E-state index contributed by atoms with van der Waals surface area (Å²) in [6.45, 7) is 11.5. The molecular formula is C21H34N2O. The number of aromatic nitrogens is 1. The molecule has 134 valence electrons. The molecule has 0 aliphatic heterocycles. The van der Waals surface area contributed by atoms with E-state index in [1.54, 1.807) is 7.11 Å². The molecule has 0 aliphatic carbocycles. The van der Waals surface area contributed by atoms with Crippen LogP contribution in [0.3, 0.4) is 0 Å². The third-order valence-electron chi connectivity index (χ3n) is 3.70. The van der Waals surface area contributed by atoms with Gasteiger partial charge < -0.3 is 9.64 Å². The maximum Gasteiger partial charge on any atom is 0.119 e. The molecule has 0 N–H and O–H groups in total. The van der Waals surface area contributed by atoms with Gasteiger partial charge in [-0.3, -0.25) is 4.98 Å². The van der Waals surface area contributed by atoms with Crippen molar-refractivity contribution in [3.8, 4) is 5.75 Å². The molecule has 0 radical (unpaired) electrons. The van der Waals surface area contributed by atoms with E-state index in [1.165, 1.54) is 16.8 Å². The molecule has 24 heavy (non-hydrogen) atoms. The largest absolute Gasteiger partial charge is 0.497 e. The van der Waals surface area contributed by atoms with E-state index < -0.39 is 0 Å². The number of anilines is 1. The Bertz CT molecular complexity index is 536. The summed E-state index contributed by atoms with van der Waals surface area (Å²) in [5.74, 6) is 0.944. The molecule has 0 amide bonds. The quantitative estimate of drug-likeness (QED) is 0.735. The van der Waals surface area contributed by atoms with Crippen molar-refractivity contribution in [3.05, 3.63) is 53.9 Å². The van der Waals surface area contributed by atoms with Crippen molar-refractivity contribution < 1.29 is 4.74 Å².